The Morgan fingerprint density at radius 2 is 1.95 bits per heavy atom. The van der Waals surface area contributed by atoms with Gasteiger partial charge in [0.15, 0.2) is 0 Å². The number of amides is 1. The second kappa shape index (κ2) is 10.3. The molecule has 3 N–H and O–H groups in total. The second-order valence-corrected chi connectivity index (χ2v) is 5.39. The summed E-state index contributed by atoms with van der Waals surface area (Å²) in [5.74, 6) is -1.48. The van der Waals surface area contributed by atoms with Crippen LogP contribution in [-0.4, -0.2) is 45.6 Å². The molecule has 0 aromatic heterocycles. The lowest BCUT2D eigenvalue weighted by Crippen LogP contribution is -2.41. The number of thioether (sulfide) groups is 1. The van der Waals surface area contributed by atoms with E-state index < -0.39 is 18.0 Å². The molecule has 0 radical (unpaired) electrons. The van der Waals surface area contributed by atoms with Crippen LogP contribution in [0.3, 0.4) is 0 Å². The third-order valence-corrected chi connectivity index (χ3v) is 3.50. The van der Waals surface area contributed by atoms with Crippen molar-refractivity contribution in [1.82, 2.24) is 5.32 Å². The summed E-state index contributed by atoms with van der Waals surface area (Å²) in [6.07, 6.45) is 3.55. The maximum absolute atomic E-state index is 10.9. The van der Waals surface area contributed by atoms with Crippen molar-refractivity contribution in [3.63, 3.8) is 0 Å². The van der Waals surface area contributed by atoms with Crippen LogP contribution in [0.2, 0.25) is 0 Å². The van der Waals surface area contributed by atoms with E-state index in [1.54, 1.807) is 6.08 Å². The zero-order valence-corrected chi connectivity index (χ0v) is 12.5. The number of carboxylic acid groups (broad SMARTS) is 2. The van der Waals surface area contributed by atoms with Crippen LogP contribution < -0.4 is 5.32 Å². The van der Waals surface area contributed by atoms with Crippen molar-refractivity contribution in [3.05, 3.63) is 11.6 Å². The minimum absolute atomic E-state index is 0.263. The molecular weight excluding hydrogens is 282 g/mol. The Morgan fingerprint density at radius 1 is 1.30 bits per heavy atom. The highest BCUT2D eigenvalue weighted by molar-refractivity contribution is 7.99. The first-order chi connectivity index (χ1) is 9.38. The van der Waals surface area contributed by atoms with Crippen molar-refractivity contribution in [3.8, 4) is 0 Å². The third kappa shape index (κ3) is 8.58. The minimum atomic E-state index is -1.07. The molecule has 0 saturated heterocycles. The summed E-state index contributed by atoms with van der Waals surface area (Å²) < 4.78 is 0. The molecule has 20 heavy (non-hydrogen) atoms. The smallest absolute Gasteiger partial charge is 0.331 e. The summed E-state index contributed by atoms with van der Waals surface area (Å²) in [5.41, 5.74) is 0.393. The predicted molar refractivity (Wildman–Crippen MR) is 77.8 cm³/mol. The van der Waals surface area contributed by atoms with Gasteiger partial charge in [-0.2, -0.15) is 11.8 Å². The molecule has 0 saturated carbocycles. The quantitative estimate of drug-likeness (QED) is 0.417. The first-order valence-electron chi connectivity index (χ1n) is 6.38. The van der Waals surface area contributed by atoms with Crippen LogP contribution in [-0.2, 0) is 14.4 Å². The molecule has 0 aromatic rings. The number of carbonyl (C=O) groups excluding carboxylic acids is 1. The van der Waals surface area contributed by atoms with Gasteiger partial charge in [-0.05, 0) is 18.6 Å². The van der Waals surface area contributed by atoms with Crippen molar-refractivity contribution in [1.29, 1.82) is 0 Å². The number of carboxylic acids is 2. The molecule has 7 heteroatoms. The molecule has 0 fully saturated rings. The van der Waals surface area contributed by atoms with Gasteiger partial charge in [-0.25, -0.2) is 9.59 Å². The maximum atomic E-state index is 10.9. The number of allylic oxidation sites excluding steroid dienone is 1. The third-order valence-electron chi connectivity index (χ3n) is 2.41. The Morgan fingerprint density at radius 3 is 2.40 bits per heavy atom. The molecule has 0 heterocycles. The minimum Gasteiger partial charge on any atom is -0.480 e. The lowest BCUT2D eigenvalue weighted by atomic mass is 10.1. The van der Waals surface area contributed by atoms with E-state index in [1.807, 2.05) is 6.92 Å². The lowest BCUT2D eigenvalue weighted by Gasteiger charge is -2.12. The van der Waals surface area contributed by atoms with E-state index in [1.165, 1.54) is 18.7 Å². The highest BCUT2D eigenvalue weighted by Gasteiger charge is 2.17. The van der Waals surface area contributed by atoms with Gasteiger partial charge < -0.3 is 15.5 Å². The van der Waals surface area contributed by atoms with Gasteiger partial charge in [0.2, 0.25) is 5.91 Å². The van der Waals surface area contributed by atoms with E-state index >= 15 is 0 Å². The van der Waals surface area contributed by atoms with Crippen LogP contribution in [0.15, 0.2) is 11.6 Å². The Labute approximate surface area is 122 Å². The average molecular weight is 303 g/mol. The van der Waals surface area contributed by atoms with Crippen molar-refractivity contribution >= 4 is 29.6 Å². The van der Waals surface area contributed by atoms with Gasteiger partial charge >= 0.3 is 11.9 Å². The molecule has 6 nitrogen and oxygen atoms in total. The number of carbonyl (C=O) groups is 3. The summed E-state index contributed by atoms with van der Waals surface area (Å²) in [5, 5.41) is 20.2. The standard InChI is InChI=1S/C13H21NO5S/c1-3-5-10(12(16)17)6-4-7-20-8-11(13(18)19)14-9(2)15/h6,11H,3-5,7-8H2,1-2H3,(H,14,15)(H,16,17)(H,18,19)/b10-6-/t11-/m0/s1. The van der Waals surface area contributed by atoms with Gasteiger partial charge in [-0.3, -0.25) is 4.79 Å². The molecule has 0 aliphatic heterocycles. The number of nitrogens with one attached hydrogen (secondary N) is 1. The second-order valence-electron chi connectivity index (χ2n) is 4.24. The van der Waals surface area contributed by atoms with Gasteiger partial charge in [0.25, 0.3) is 0 Å². The summed E-state index contributed by atoms with van der Waals surface area (Å²) >= 11 is 1.37. The maximum Gasteiger partial charge on any atom is 0.331 e. The van der Waals surface area contributed by atoms with Gasteiger partial charge in [-0.15, -0.1) is 0 Å². The molecule has 0 unspecified atom stereocenters. The molecule has 0 aromatic carbocycles. The van der Waals surface area contributed by atoms with Crippen LogP contribution in [0, 0.1) is 0 Å². The topological polar surface area (TPSA) is 104 Å². The molecule has 114 valence electrons. The Hall–Kier alpha value is -1.50. The van der Waals surface area contributed by atoms with E-state index in [0.29, 0.717) is 24.2 Å². The summed E-state index contributed by atoms with van der Waals surface area (Å²) in [6.45, 7) is 3.18. The van der Waals surface area contributed by atoms with E-state index in [2.05, 4.69) is 5.32 Å². The zero-order valence-electron chi connectivity index (χ0n) is 11.7. The normalized spacial score (nSPS) is 12.8. The lowest BCUT2D eigenvalue weighted by molar-refractivity contribution is -0.140. The van der Waals surface area contributed by atoms with Crippen molar-refractivity contribution in [2.45, 2.75) is 39.2 Å². The largest absolute Gasteiger partial charge is 0.480 e. The fraction of sp³-hybridized carbons (Fsp3) is 0.615. The van der Waals surface area contributed by atoms with E-state index in [9.17, 15) is 14.4 Å². The fourth-order valence-electron chi connectivity index (χ4n) is 1.50. The molecule has 0 rings (SSSR count). The highest BCUT2D eigenvalue weighted by Crippen LogP contribution is 2.10. The molecule has 0 bridgehead atoms. The van der Waals surface area contributed by atoms with Crippen molar-refractivity contribution in [2.75, 3.05) is 11.5 Å². The first-order valence-corrected chi connectivity index (χ1v) is 7.53. The molecule has 0 aliphatic carbocycles. The van der Waals surface area contributed by atoms with E-state index in [-0.39, 0.29) is 11.7 Å². The van der Waals surface area contributed by atoms with Crippen molar-refractivity contribution < 1.29 is 24.6 Å². The molecule has 0 spiro atoms. The summed E-state index contributed by atoms with van der Waals surface area (Å²) in [7, 11) is 0. The zero-order chi connectivity index (χ0) is 15.5. The predicted octanol–water partition coefficient (Wildman–Crippen LogP) is 1.51. The van der Waals surface area contributed by atoms with Crippen molar-refractivity contribution in [2.24, 2.45) is 0 Å². The van der Waals surface area contributed by atoms with Crippen LogP contribution in [0.4, 0.5) is 0 Å². The van der Waals surface area contributed by atoms with E-state index in [0.717, 1.165) is 6.42 Å². The fourth-order valence-corrected chi connectivity index (χ4v) is 2.42. The average Bonchev–Trinajstić information content (AvgIpc) is 2.34. The van der Waals surface area contributed by atoms with Gasteiger partial charge in [-0.1, -0.05) is 19.4 Å². The summed E-state index contributed by atoms with van der Waals surface area (Å²) in [4.78, 5) is 32.6. The van der Waals surface area contributed by atoms with Crippen LogP contribution in [0.1, 0.15) is 33.1 Å². The summed E-state index contributed by atoms with van der Waals surface area (Å²) in [6, 6.07) is -0.906. The molecule has 1 amide bonds. The molecule has 1 atom stereocenters. The van der Waals surface area contributed by atoms with Gasteiger partial charge in [0.1, 0.15) is 6.04 Å². The number of hydrogen-bond donors (Lipinski definition) is 3. The number of hydrogen-bond acceptors (Lipinski definition) is 4. The van der Waals surface area contributed by atoms with Gasteiger partial charge in [0.05, 0.1) is 0 Å². The Kier molecular flexibility index (Phi) is 9.53. The van der Waals surface area contributed by atoms with Crippen LogP contribution in [0.5, 0.6) is 0 Å². The SMILES string of the molecule is CCC/C(=C/CCSC[C@H](NC(C)=O)C(=O)O)C(=O)O. The van der Waals surface area contributed by atoms with Crippen LogP contribution in [0.25, 0.3) is 0 Å². The number of rotatable bonds is 10. The Bertz CT molecular complexity index is 381. The first kappa shape index (κ1) is 18.5. The monoisotopic (exact) mass is 303 g/mol. The molecule has 0 aliphatic rings. The van der Waals surface area contributed by atoms with E-state index in [4.69, 9.17) is 10.2 Å². The molecular formula is C13H21NO5S. The van der Waals surface area contributed by atoms with Gasteiger partial charge in [0, 0.05) is 18.2 Å². The highest BCUT2D eigenvalue weighted by atomic mass is 32.2. The Balaban J connectivity index is 4.10. The van der Waals surface area contributed by atoms with Crippen LogP contribution >= 0.6 is 11.8 Å². The number of aliphatic carboxylic acids is 2.